The molecule has 0 radical (unpaired) electrons. The number of ether oxygens (including phenoxy) is 1. The maximum Gasteiger partial charge on any atom is 0.225 e. The van der Waals surface area contributed by atoms with E-state index in [9.17, 15) is 4.79 Å². The minimum Gasteiger partial charge on any atom is -0.380 e. The summed E-state index contributed by atoms with van der Waals surface area (Å²) in [7, 11) is 1.76. The van der Waals surface area contributed by atoms with Crippen LogP contribution in [0.3, 0.4) is 0 Å². The third-order valence-electron chi connectivity index (χ3n) is 3.94. The van der Waals surface area contributed by atoms with Gasteiger partial charge in [-0.15, -0.1) is 0 Å². The molecule has 6 heteroatoms. The Hall–Kier alpha value is -1.30. The van der Waals surface area contributed by atoms with Crippen LogP contribution in [0.5, 0.6) is 0 Å². The molecular formula is C17H34N4O2. The number of carbonyl (C=O) groups excluding carboxylic acids is 1. The SMILES string of the molecule is CN=C(NCCOCCC(C)C)NC1CCN(C(=O)C(C)C)C1. The van der Waals surface area contributed by atoms with Gasteiger partial charge in [0, 0.05) is 45.2 Å². The van der Waals surface area contributed by atoms with Crippen molar-refractivity contribution < 1.29 is 9.53 Å². The van der Waals surface area contributed by atoms with Gasteiger partial charge in [0.25, 0.3) is 0 Å². The standard InChI is InChI=1S/C17H34N4O2/c1-13(2)7-10-23-11-8-19-17(18-5)20-15-6-9-21(12-15)16(22)14(3)4/h13-15H,6-12H2,1-5H3,(H2,18,19,20). The van der Waals surface area contributed by atoms with Gasteiger partial charge in [0.2, 0.25) is 5.91 Å². The van der Waals surface area contributed by atoms with Crippen molar-refractivity contribution in [2.75, 3.05) is 39.9 Å². The average Bonchev–Trinajstić information content (AvgIpc) is 2.96. The third kappa shape index (κ3) is 7.68. The highest BCUT2D eigenvalue weighted by molar-refractivity contribution is 5.81. The lowest BCUT2D eigenvalue weighted by molar-refractivity contribution is -0.133. The van der Waals surface area contributed by atoms with E-state index >= 15 is 0 Å². The predicted octanol–water partition coefficient (Wildman–Crippen LogP) is 1.47. The molecule has 0 aliphatic carbocycles. The van der Waals surface area contributed by atoms with Crippen LogP contribution in [0.1, 0.15) is 40.5 Å². The second-order valence-corrected chi connectivity index (χ2v) is 6.86. The van der Waals surface area contributed by atoms with E-state index in [0.29, 0.717) is 12.5 Å². The third-order valence-corrected chi connectivity index (χ3v) is 3.94. The lowest BCUT2D eigenvalue weighted by Gasteiger charge is -2.20. The number of aliphatic imine (C=N–C) groups is 1. The van der Waals surface area contributed by atoms with Crippen LogP contribution in [0, 0.1) is 11.8 Å². The Morgan fingerprint density at radius 1 is 1.30 bits per heavy atom. The van der Waals surface area contributed by atoms with E-state index in [0.717, 1.165) is 45.0 Å². The maximum absolute atomic E-state index is 12.0. The second-order valence-electron chi connectivity index (χ2n) is 6.86. The molecule has 1 aliphatic heterocycles. The first-order valence-corrected chi connectivity index (χ1v) is 8.77. The van der Waals surface area contributed by atoms with Gasteiger partial charge in [0.1, 0.15) is 0 Å². The van der Waals surface area contributed by atoms with Crippen molar-refractivity contribution in [3.63, 3.8) is 0 Å². The summed E-state index contributed by atoms with van der Waals surface area (Å²) in [5.41, 5.74) is 0. The number of hydrogen-bond donors (Lipinski definition) is 2. The monoisotopic (exact) mass is 326 g/mol. The number of likely N-dealkylation sites (tertiary alicyclic amines) is 1. The fourth-order valence-electron chi connectivity index (χ4n) is 2.49. The number of nitrogens with zero attached hydrogens (tertiary/aromatic N) is 2. The molecule has 6 nitrogen and oxygen atoms in total. The van der Waals surface area contributed by atoms with Crippen molar-refractivity contribution >= 4 is 11.9 Å². The first-order valence-electron chi connectivity index (χ1n) is 8.77. The summed E-state index contributed by atoms with van der Waals surface area (Å²) in [6.07, 6.45) is 2.05. The van der Waals surface area contributed by atoms with Crippen molar-refractivity contribution in [2.45, 2.75) is 46.6 Å². The molecule has 0 bridgehead atoms. The van der Waals surface area contributed by atoms with Crippen LogP contribution in [0.4, 0.5) is 0 Å². The van der Waals surface area contributed by atoms with Crippen LogP contribution >= 0.6 is 0 Å². The van der Waals surface area contributed by atoms with Crippen LogP contribution in [0.25, 0.3) is 0 Å². The van der Waals surface area contributed by atoms with Crippen LogP contribution < -0.4 is 10.6 Å². The molecule has 1 heterocycles. The topological polar surface area (TPSA) is 66.0 Å². The number of guanidine groups is 1. The molecule has 23 heavy (non-hydrogen) atoms. The minimum atomic E-state index is 0.0641. The highest BCUT2D eigenvalue weighted by atomic mass is 16.5. The summed E-state index contributed by atoms with van der Waals surface area (Å²) >= 11 is 0. The Bertz CT molecular complexity index is 383. The van der Waals surface area contributed by atoms with Crippen molar-refractivity contribution in [1.29, 1.82) is 0 Å². The van der Waals surface area contributed by atoms with Gasteiger partial charge in [-0.25, -0.2) is 0 Å². The highest BCUT2D eigenvalue weighted by Gasteiger charge is 2.27. The van der Waals surface area contributed by atoms with E-state index in [2.05, 4.69) is 29.5 Å². The fraction of sp³-hybridized carbons (Fsp3) is 0.882. The lowest BCUT2D eigenvalue weighted by atomic mass is 10.1. The van der Waals surface area contributed by atoms with Gasteiger partial charge >= 0.3 is 0 Å². The molecule has 1 fully saturated rings. The van der Waals surface area contributed by atoms with Gasteiger partial charge in [-0.1, -0.05) is 27.7 Å². The molecule has 1 rings (SSSR count). The summed E-state index contributed by atoms with van der Waals surface area (Å²) < 4.78 is 5.59. The maximum atomic E-state index is 12.0. The zero-order chi connectivity index (χ0) is 17.2. The van der Waals surface area contributed by atoms with Gasteiger partial charge in [0.15, 0.2) is 5.96 Å². The zero-order valence-electron chi connectivity index (χ0n) is 15.4. The van der Waals surface area contributed by atoms with Crippen molar-refractivity contribution in [3.8, 4) is 0 Å². The molecule has 1 saturated heterocycles. The van der Waals surface area contributed by atoms with E-state index in [1.807, 2.05) is 18.7 Å². The molecule has 1 unspecified atom stereocenters. The molecule has 0 aromatic heterocycles. The van der Waals surface area contributed by atoms with Gasteiger partial charge < -0.3 is 20.3 Å². The quantitative estimate of drug-likeness (QED) is 0.403. The first kappa shape index (κ1) is 19.7. The van der Waals surface area contributed by atoms with Crippen LogP contribution in [0.2, 0.25) is 0 Å². The molecule has 1 atom stereocenters. The molecule has 134 valence electrons. The van der Waals surface area contributed by atoms with Crippen LogP contribution in [-0.4, -0.2) is 62.7 Å². The van der Waals surface area contributed by atoms with Crippen molar-refractivity contribution in [3.05, 3.63) is 0 Å². The summed E-state index contributed by atoms with van der Waals surface area (Å²) in [4.78, 5) is 18.2. The number of rotatable bonds is 8. The van der Waals surface area contributed by atoms with Crippen molar-refractivity contribution in [2.24, 2.45) is 16.8 Å². The zero-order valence-corrected chi connectivity index (χ0v) is 15.4. The minimum absolute atomic E-state index is 0.0641. The van der Waals surface area contributed by atoms with E-state index < -0.39 is 0 Å². The molecule has 0 aromatic carbocycles. The molecule has 2 N–H and O–H groups in total. The van der Waals surface area contributed by atoms with E-state index in [-0.39, 0.29) is 17.9 Å². The smallest absolute Gasteiger partial charge is 0.225 e. The first-order chi connectivity index (χ1) is 10.9. The van der Waals surface area contributed by atoms with Crippen LogP contribution in [-0.2, 0) is 9.53 Å². The van der Waals surface area contributed by atoms with E-state index in [1.54, 1.807) is 7.05 Å². The summed E-state index contributed by atoms with van der Waals surface area (Å²) in [5.74, 6) is 1.75. The van der Waals surface area contributed by atoms with Gasteiger partial charge in [-0.2, -0.15) is 0 Å². The molecule has 0 spiro atoms. The summed E-state index contributed by atoms with van der Waals surface area (Å²) in [5, 5.41) is 6.65. The summed E-state index contributed by atoms with van der Waals surface area (Å²) in [6, 6.07) is 0.269. The average molecular weight is 326 g/mol. The summed E-state index contributed by atoms with van der Waals surface area (Å²) in [6.45, 7) is 12.1. The van der Waals surface area contributed by atoms with Crippen molar-refractivity contribution in [1.82, 2.24) is 15.5 Å². The van der Waals surface area contributed by atoms with Crippen LogP contribution in [0.15, 0.2) is 4.99 Å². The second kappa shape index (κ2) is 10.5. The molecule has 0 aromatic rings. The largest absolute Gasteiger partial charge is 0.380 e. The highest BCUT2D eigenvalue weighted by Crippen LogP contribution is 2.12. The Kier molecular flexibility index (Phi) is 8.99. The predicted molar refractivity (Wildman–Crippen MR) is 94.6 cm³/mol. The molecule has 1 aliphatic rings. The molecular weight excluding hydrogens is 292 g/mol. The van der Waals surface area contributed by atoms with E-state index in [1.165, 1.54) is 0 Å². The Labute approximate surface area is 141 Å². The van der Waals surface area contributed by atoms with Gasteiger partial charge in [-0.05, 0) is 18.8 Å². The van der Waals surface area contributed by atoms with E-state index in [4.69, 9.17) is 4.74 Å². The number of amides is 1. The Balaban J connectivity index is 2.21. The number of hydrogen-bond acceptors (Lipinski definition) is 3. The lowest BCUT2D eigenvalue weighted by Crippen LogP contribution is -2.46. The Morgan fingerprint density at radius 2 is 2.04 bits per heavy atom. The van der Waals surface area contributed by atoms with Gasteiger partial charge in [-0.3, -0.25) is 9.79 Å². The molecule has 1 amide bonds. The van der Waals surface area contributed by atoms with Gasteiger partial charge in [0.05, 0.1) is 6.61 Å². The fourth-order valence-corrected chi connectivity index (χ4v) is 2.49. The Morgan fingerprint density at radius 3 is 2.65 bits per heavy atom. The normalized spacial score (nSPS) is 18.8. The number of carbonyl (C=O) groups is 1. The number of nitrogens with one attached hydrogen (secondary N) is 2. The molecule has 0 saturated carbocycles.